The number of hydrogen-bond donors (Lipinski definition) is 2. The number of ether oxygens (including phenoxy) is 1. The van der Waals surface area contributed by atoms with E-state index >= 15 is 0 Å². The first-order valence-electron chi connectivity index (χ1n) is 7.20. The average molecular weight is 300 g/mol. The van der Waals surface area contributed by atoms with Crippen LogP contribution in [0.2, 0.25) is 0 Å². The predicted molar refractivity (Wildman–Crippen MR) is 75.7 cm³/mol. The Morgan fingerprint density at radius 1 is 1.29 bits per heavy atom. The Kier molecular flexibility index (Phi) is 6.45. The van der Waals surface area contributed by atoms with E-state index in [-0.39, 0.29) is 30.3 Å². The number of carboxylic acid groups (broad SMARTS) is 1. The number of carbonyl (C=O) groups excluding carboxylic acids is 2. The van der Waals surface area contributed by atoms with Gasteiger partial charge in [0, 0.05) is 19.1 Å². The third-order valence-corrected chi connectivity index (χ3v) is 3.82. The minimum absolute atomic E-state index is 0.0395. The summed E-state index contributed by atoms with van der Waals surface area (Å²) in [7, 11) is 1.36. The van der Waals surface area contributed by atoms with Gasteiger partial charge in [0.2, 0.25) is 0 Å². The molecule has 21 heavy (non-hydrogen) atoms. The summed E-state index contributed by atoms with van der Waals surface area (Å²) in [5.41, 5.74) is 0. The molecule has 1 atom stereocenters. The number of carboxylic acids is 1. The molecule has 7 heteroatoms. The van der Waals surface area contributed by atoms with Crippen molar-refractivity contribution in [1.82, 2.24) is 10.2 Å². The third-order valence-electron chi connectivity index (χ3n) is 3.82. The highest BCUT2D eigenvalue weighted by Gasteiger charge is 2.29. The van der Waals surface area contributed by atoms with E-state index in [0.717, 1.165) is 0 Å². The van der Waals surface area contributed by atoms with Crippen LogP contribution in [-0.2, 0) is 14.3 Å². The number of urea groups is 1. The predicted octanol–water partition coefficient (Wildman–Crippen LogP) is 1.08. The van der Waals surface area contributed by atoms with Crippen LogP contribution >= 0.6 is 0 Å². The molecule has 0 spiro atoms. The molecule has 120 valence electrons. The summed E-state index contributed by atoms with van der Waals surface area (Å²) in [5, 5.41) is 11.6. The van der Waals surface area contributed by atoms with Crippen molar-refractivity contribution in [2.45, 2.75) is 39.2 Å². The maximum atomic E-state index is 12.1. The number of esters is 1. The Bertz CT molecular complexity index is 389. The number of nitrogens with one attached hydrogen (secondary N) is 1. The molecule has 1 aliphatic rings. The Morgan fingerprint density at radius 2 is 1.86 bits per heavy atom. The fraction of sp³-hybridized carbons (Fsp3) is 0.786. The van der Waals surface area contributed by atoms with Crippen LogP contribution in [0.5, 0.6) is 0 Å². The summed E-state index contributed by atoms with van der Waals surface area (Å²) >= 11 is 0. The van der Waals surface area contributed by atoms with Gasteiger partial charge in [0.25, 0.3) is 0 Å². The number of likely N-dealkylation sites (tertiary alicyclic amines) is 1. The van der Waals surface area contributed by atoms with Crippen molar-refractivity contribution in [3.8, 4) is 0 Å². The fourth-order valence-electron chi connectivity index (χ4n) is 2.38. The number of methoxy groups -OCH3 is 1. The minimum atomic E-state index is -0.932. The van der Waals surface area contributed by atoms with E-state index in [2.05, 4.69) is 5.32 Å². The van der Waals surface area contributed by atoms with Crippen LogP contribution in [0.15, 0.2) is 0 Å². The molecule has 0 aromatic rings. The SMILES string of the molecule is COC(=O)C1CCN(C(=O)NC(CC(=O)O)C(C)C)CC1. The molecule has 1 unspecified atom stereocenters. The summed E-state index contributed by atoms with van der Waals surface area (Å²) in [6.45, 7) is 4.70. The summed E-state index contributed by atoms with van der Waals surface area (Å²) < 4.78 is 4.70. The smallest absolute Gasteiger partial charge is 0.317 e. The lowest BCUT2D eigenvalue weighted by Crippen LogP contribution is -2.50. The van der Waals surface area contributed by atoms with E-state index in [1.807, 2.05) is 13.8 Å². The van der Waals surface area contributed by atoms with Crippen LogP contribution < -0.4 is 5.32 Å². The fourth-order valence-corrected chi connectivity index (χ4v) is 2.38. The Balaban J connectivity index is 2.49. The van der Waals surface area contributed by atoms with E-state index in [9.17, 15) is 14.4 Å². The van der Waals surface area contributed by atoms with Crippen LogP contribution in [0.4, 0.5) is 4.79 Å². The zero-order chi connectivity index (χ0) is 16.0. The van der Waals surface area contributed by atoms with Gasteiger partial charge in [-0.15, -0.1) is 0 Å². The normalized spacial score (nSPS) is 17.4. The molecule has 1 saturated heterocycles. The van der Waals surface area contributed by atoms with Crippen molar-refractivity contribution >= 4 is 18.0 Å². The third kappa shape index (κ3) is 5.24. The molecule has 0 aliphatic carbocycles. The Labute approximate surface area is 124 Å². The molecular formula is C14H24N2O5. The van der Waals surface area contributed by atoms with Crippen LogP contribution in [-0.4, -0.2) is 54.2 Å². The number of nitrogens with zero attached hydrogens (tertiary/aromatic N) is 1. The Morgan fingerprint density at radius 3 is 2.29 bits per heavy atom. The average Bonchev–Trinajstić information content (AvgIpc) is 2.45. The lowest BCUT2D eigenvalue weighted by atomic mass is 9.97. The van der Waals surface area contributed by atoms with Crippen molar-refractivity contribution < 1.29 is 24.2 Å². The molecule has 0 aromatic carbocycles. The molecule has 0 saturated carbocycles. The molecular weight excluding hydrogens is 276 g/mol. The number of hydrogen-bond acceptors (Lipinski definition) is 4. The van der Waals surface area contributed by atoms with Gasteiger partial charge in [-0.2, -0.15) is 0 Å². The highest BCUT2D eigenvalue weighted by molar-refractivity contribution is 5.77. The number of aliphatic carboxylic acids is 1. The largest absolute Gasteiger partial charge is 0.481 e. The topological polar surface area (TPSA) is 95.9 Å². The lowest BCUT2D eigenvalue weighted by molar-refractivity contribution is -0.147. The van der Waals surface area contributed by atoms with E-state index in [1.165, 1.54) is 7.11 Å². The molecule has 7 nitrogen and oxygen atoms in total. The minimum Gasteiger partial charge on any atom is -0.481 e. The zero-order valence-corrected chi connectivity index (χ0v) is 12.8. The molecule has 1 rings (SSSR count). The van der Waals surface area contributed by atoms with Gasteiger partial charge in [-0.1, -0.05) is 13.8 Å². The van der Waals surface area contributed by atoms with Gasteiger partial charge in [-0.3, -0.25) is 9.59 Å². The van der Waals surface area contributed by atoms with Gasteiger partial charge in [0.05, 0.1) is 19.4 Å². The molecule has 1 heterocycles. The van der Waals surface area contributed by atoms with E-state index in [1.54, 1.807) is 4.90 Å². The Hall–Kier alpha value is -1.79. The second kappa shape index (κ2) is 7.85. The van der Waals surface area contributed by atoms with Gasteiger partial charge in [-0.25, -0.2) is 4.79 Å². The molecule has 1 aliphatic heterocycles. The second-order valence-corrected chi connectivity index (χ2v) is 5.68. The molecule has 2 amide bonds. The van der Waals surface area contributed by atoms with Gasteiger partial charge in [0.1, 0.15) is 0 Å². The van der Waals surface area contributed by atoms with Gasteiger partial charge in [0.15, 0.2) is 0 Å². The summed E-state index contributed by atoms with van der Waals surface area (Å²) in [6.07, 6.45) is 1.05. The van der Waals surface area contributed by atoms with Crippen LogP contribution in [0.25, 0.3) is 0 Å². The standard InChI is InChI=1S/C14H24N2O5/c1-9(2)11(8-12(17)18)15-14(20)16-6-4-10(5-7-16)13(19)21-3/h9-11H,4-8H2,1-3H3,(H,15,20)(H,17,18). The van der Waals surface area contributed by atoms with Crippen molar-refractivity contribution in [3.05, 3.63) is 0 Å². The summed E-state index contributed by atoms with van der Waals surface area (Å²) in [6, 6.07) is -0.661. The van der Waals surface area contributed by atoms with Gasteiger partial charge < -0.3 is 20.1 Å². The van der Waals surface area contributed by atoms with Gasteiger partial charge >= 0.3 is 18.0 Å². The van der Waals surface area contributed by atoms with Crippen molar-refractivity contribution in [2.24, 2.45) is 11.8 Å². The van der Waals surface area contributed by atoms with Crippen molar-refractivity contribution in [2.75, 3.05) is 20.2 Å². The highest BCUT2D eigenvalue weighted by atomic mass is 16.5. The maximum absolute atomic E-state index is 12.1. The number of amides is 2. The number of piperidine rings is 1. The van der Waals surface area contributed by atoms with E-state index in [0.29, 0.717) is 25.9 Å². The van der Waals surface area contributed by atoms with Crippen molar-refractivity contribution in [1.29, 1.82) is 0 Å². The molecule has 2 N–H and O–H groups in total. The zero-order valence-electron chi connectivity index (χ0n) is 12.8. The maximum Gasteiger partial charge on any atom is 0.317 e. The van der Waals surface area contributed by atoms with Gasteiger partial charge in [-0.05, 0) is 18.8 Å². The van der Waals surface area contributed by atoms with Crippen molar-refractivity contribution in [3.63, 3.8) is 0 Å². The van der Waals surface area contributed by atoms with E-state index in [4.69, 9.17) is 9.84 Å². The molecule has 0 aromatic heterocycles. The first-order chi connectivity index (χ1) is 9.85. The lowest BCUT2D eigenvalue weighted by Gasteiger charge is -2.32. The highest BCUT2D eigenvalue weighted by Crippen LogP contribution is 2.19. The van der Waals surface area contributed by atoms with Crippen LogP contribution in [0, 0.1) is 11.8 Å². The first kappa shape index (κ1) is 17.3. The summed E-state index contributed by atoms with van der Waals surface area (Å²) in [5.74, 6) is -1.28. The van der Waals surface area contributed by atoms with Crippen LogP contribution in [0.1, 0.15) is 33.1 Å². The summed E-state index contributed by atoms with van der Waals surface area (Å²) in [4.78, 5) is 36.0. The van der Waals surface area contributed by atoms with E-state index < -0.39 is 12.0 Å². The molecule has 0 bridgehead atoms. The second-order valence-electron chi connectivity index (χ2n) is 5.68. The molecule has 0 radical (unpaired) electrons. The first-order valence-corrected chi connectivity index (χ1v) is 7.20. The monoisotopic (exact) mass is 300 g/mol. The quantitative estimate of drug-likeness (QED) is 0.741. The number of rotatable bonds is 5. The number of carbonyl (C=O) groups is 3. The van der Waals surface area contributed by atoms with Crippen LogP contribution in [0.3, 0.4) is 0 Å². The molecule has 1 fully saturated rings.